The van der Waals surface area contributed by atoms with E-state index in [9.17, 15) is 4.79 Å². The molecule has 1 amide bonds. The first-order chi connectivity index (χ1) is 12.5. The SMILES string of the molecule is Cc1ccc(C)c(CC(=O)N(Cc2cccnc2)C2CCN(C)CC2)c1. The first-order valence-corrected chi connectivity index (χ1v) is 9.46. The zero-order chi connectivity index (χ0) is 18.5. The van der Waals surface area contributed by atoms with Gasteiger partial charge in [-0.25, -0.2) is 0 Å². The third-order valence-corrected chi connectivity index (χ3v) is 5.37. The standard InChI is InChI=1S/C22H29N3O/c1-17-6-7-18(2)20(13-17)14-22(26)25(16-19-5-4-10-23-15-19)21-8-11-24(3)12-9-21/h4-7,10,13,15,21H,8-9,11-12,14,16H2,1-3H3. The van der Waals surface area contributed by atoms with Crippen LogP contribution in [0.15, 0.2) is 42.7 Å². The van der Waals surface area contributed by atoms with Crippen LogP contribution in [0.1, 0.15) is 35.1 Å². The number of rotatable bonds is 5. The van der Waals surface area contributed by atoms with E-state index in [0.717, 1.165) is 37.1 Å². The second-order valence-corrected chi connectivity index (χ2v) is 7.52. The van der Waals surface area contributed by atoms with Gasteiger partial charge in [-0.05, 0) is 69.6 Å². The van der Waals surface area contributed by atoms with Crippen LogP contribution in [0.3, 0.4) is 0 Å². The van der Waals surface area contributed by atoms with E-state index >= 15 is 0 Å². The van der Waals surface area contributed by atoms with Crippen molar-refractivity contribution in [2.24, 2.45) is 0 Å². The lowest BCUT2D eigenvalue weighted by molar-refractivity contribution is -0.134. The Kier molecular flexibility index (Phi) is 6.04. The monoisotopic (exact) mass is 351 g/mol. The van der Waals surface area contributed by atoms with E-state index in [-0.39, 0.29) is 5.91 Å². The minimum absolute atomic E-state index is 0.220. The van der Waals surface area contributed by atoms with Crippen molar-refractivity contribution in [1.82, 2.24) is 14.8 Å². The minimum atomic E-state index is 0.220. The quantitative estimate of drug-likeness (QED) is 0.829. The predicted molar refractivity (Wildman–Crippen MR) is 105 cm³/mol. The highest BCUT2D eigenvalue weighted by atomic mass is 16.2. The molecule has 2 aromatic rings. The molecule has 4 heteroatoms. The van der Waals surface area contributed by atoms with Crippen LogP contribution in [0.5, 0.6) is 0 Å². The van der Waals surface area contributed by atoms with E-state index in [1.165, 1.54) is 11.1 Å². The first kappa shape index (κ1) is 18.6. The third kappa shape index (κ3) is 4.70. The number of hydrogen-bond donors (Lipinski definition) is 0. The van der Waals surface area contributed by atoms with Crippen molar-refractivity contribution in [3.05, 3.63) is 65.0 Å². The Morgan fingerprint density at radius 1 is 1.23 bits per heavy atom. The molecule has 2 heterocycles. The van der Waals surface area contributed by atoms with Crippen molar-refractivity contribution in [1.29, 1.82) is 0 Å². The number of pyridine rings is 1. The van der Waals surface area contributed by atoms with Crippen molar-refractivity contribution in [2.75, 3.05) is 20.1 Å². The highest BCUT2D eigenvalue weighted by molar-refractivity contribution is 5.79. The summed E-state index contributed by atoms with van der Waals surface area (Å²) in [6.07, 6.45) is 6.19. The molecule has 1 fully saturated rings. The zero-order valence-electron chi connectivity index (χ0n) is 16.1. The highest BCUT2D eigenvalue weighted by Gasteiger charge is 2.27. The molecule has 0 saturated carbocycles. The van der Waals surface area contributed by atoms with Crippen LogP contribution in [-0.2, 0) is 17.8 Å². The van der Waals surface area contributed by atoms with Crippen LogP contribution in [0.2, 0.25) is 0 Å². The second-order valence-electron chi connectivity index (χ2n) is 7.52. The molecule has 0 unspecified atom stereocenters. The number of piperidine rings is 1. The van der Waals surface area contributed by atoms with Crippen molar-refractivity contribution in [2.45, 2.75) is 45.7 Å². The van der Waals surface area contributed by atoms with Crippen LogP contribution < -0.4 is 0 Å². The van der Waals surface area contributed by atoms with Crippen molar-refractivity contribution >= 4 is 5.91 Å². The Labute approximate surface area is 156 Å². The molecule has 26 heavy (non-hydrogen) atoms. The molecule has 1 saturated heterocycles. The predicted octanol–water partition coefficient (Wildman–Crippen LogP) is 3.36. The summed E-state index contributed by atoms with van der Waals surface area (Å²) in [6.45, 7) is 6.91. The molecule has 0 bridgehead atoms. The number of benzene rings is 1. The van der Waals surface area contributed by atoms with Gasteiger partial charge in [0.15, 0.2) is 0 Å². The van der Waals surface area contributed by atoms with E-state index in [2.05, 4.69) is 59.9 Å². The molecular formula is C22H29N3O. The van der Waals surface area contributed by atoms with E-state index < -0.39 is 0 Å². The first-order valence-electron chi connectivity index (χ1n) is 9.46. The van der Waals surface area contributed by atoms with Crippen molar-refractivity contribution in [3.63, 3.8) is 0 Å². The molecule has 0 atom stereocenters. The van der Waals surface area contributed by atoms with Gasteiger partial charge >= 0.3 is 0 Å². The Bertz CT molecular complexity index is 736. The van der Waals surface area contributed by atoms with Crippen LogP contribution in [0.25, 0.3) is 0 Å². The number of aryl methyl sites for hydroxylation is 2. The third-order valence-electron chi connectivity index (χ3n) is 5.37. The zero-order valence-corrected chi connectivity index (χ0v) is 16.1. The largest absolute Gasteiger partial charge is 0.335 e. The molecule has 1 aromatic carbocycles. The topological polar surface area (TPSA) is 36.4 Å². The molecule has 3 rings (SSSR count). The number of nitrogens with zero attached hydrogens (tertiary/aromatic N) is 3. The van der Waals surface area contributed by atoms with Gasteiger partial charge in [-0.15, -0.1) is 0 Å². The summed E-state index contributed by atoms with van der Waals surface area (Å²) in [5.74, 6) is 0.220. The molecule has 1 aromatic heterocycles. The summed E-state index contributed by atoms with van der Waals surface area (Å²) in [7, 11) is 2.15. The Morgan fingerprint density at radius 2 is 2.00 bits per heavy atom. The molecule has 0 spiro atoms. The molecule has 138 valence electrons. The number of hydrogen-bond acceptors (Lipinski definition) is 3. The smallest absolute Gasteiger partial charge is 0.227 e. The summed E-state index contributed by atoms with van der Waals surface area (Å²) in [6, 6.07) is 10.7. The van der Waals surface area contributed by atoms with Gasteiger partial charge in [-0.1, -0.05) is 29.8 Å². The normalized spacial score (nSPS) is 15.8. The van der Waals surface area contributed by atoms with Gasteiger partial charge in [0.1, 0.15) is 0 Å². The van der Waals surface area contributed by atoms with Gasteiger partial charge in [-0.3, -0.25) is 9.78 Å². The minimum Gasteiger partial charge on any atom is -0.335 e. The Morgan fingerprint density at radius 3 is 2.69 bits per heavy atom. The lowest BCUT2D eigenvalue weighted by atomic mass is 9.99. The van der Waals surface area contributed by atoms with Crippen molar-refractivity contribution in [3.8, 4) is 0 Å². The van der Waals surface area contributed by atoms with Crippen LogP contribution >= 0.6 is 0 Å². The summed E-state index contributed by atoms with van der Waals surface area (Å²) in [5.41, 5.74) is 4.63. The molecule has 1 aliphatic rings. The van der Waals surface area contributed by atoms with E-state index in [1.807, 2.05) is 12.3 Å². The maximum atomic E-state index is 13.3. The molecule has 0 N–H and O–H groups in total. The lowest BCUT2D eigenvalue weighted by Crippen LogP contribution is -2.46. The van der Waals surface area contributed by atoms with Gasteiger partial charge in [0, 0.05) is 25.0 Å². The summed E-state index contributed by atoms with van der Waals surface area (Å²) >= 11 is 0. The van der Waals surface area contributed by atoms with Gasteiger partial charge in [-0.2, -0.15) is 0 Å². The van der Waals surface area contributed by atoms with E-state index in [1.54, 1.807) is 6.20 Å². The summed E-state index contributed by atoms with van der Waals surface area (Å²) in [5, 5.41) is 0. The average Bonchev–Trinajstić information content (AvgIpc) is 2.64. The number of amides is 1. The lowest BCUT2D eigenvalue weighted by Gasteiger charge is -2.37. The van der Waals surface area contributed by atoms with Gasteiger partial charge in [0.05, 0.1) is 6.42 Å². The van der Waals surface area contributed by atoms with Crippen LogP contribution in [-0.4, -0.2) is 46.9 Å². The fourth-order valence-electron chi connectivity index (χ4n) is 3.67. The second kappa shape index (κ2) is 8.45. The van der Waals surface area contributed by atoms with Gasteiger partial charge < -0.3 is 9.80 Å². The maximum Gasteiger partial charge on any atom is 0.227 e. The summed E-state index contributed by atoms with van der Waals surface area (Å²) in [4.78, 5) is 21.9. The molecular weight excluding hydrogens is 322 g/mol. The Hall–Kier alpha value is -2.20. The molecule has 1 aliphatic heterocycles. The maximum absolute atomic E-state index is 13.3. The highest BCUT2D eigenvalue weighted by Crippen LogP contribution is 2.21. The number of carbonyl (C=O) groups is 1. The van der Waals surface area contributed by atoms with E-state index in [4.69, 9.17) is 0 Å². The molecule has 4 nitrogen and oxygen atoms in total. The van der Waals surface area contributed by atoms with Gasteiger partial charge in [0.2, 0.25) is 5.91 Å². The van der Waals surface area contributed by atoms with Gasteiger partial charge in [0.25, 0.3) is 0 Å². The fourth-order valence-corrected chi connectivity index (χ4v) is 3.67. The number of aromatic nitrogens is 1. The van der Waals surface area contributed by atoms with Crippen LogP contribution in [0, 0.1) is 13.8 Å². The fraction of sp³-hybridized carbons (Fsp3) is 0.455. The van der Waals surface area contributed by atoms with Crippen LogP contribution in [0.4, 0.5) is 0 Å². The average molecular weight is 351 g/mol. The molecule has 0 radical (unpaired) electrons. The summed E-state index contributed by atoms with van der Waals surface area (Å²) < 4.78 is 0. The van der Waals surface area contributed by atoms with E-state index in [0.29, 0.717) is 19.0 Å². The number of likely N-dealkylation sites (tertiary alicyclic amines) is 1. The Balaban J connectivity index is 1.79. The number of carbonyl (C=O) groups excluding carboxylic acids is 1. The molecule has 0 aliphatic carbocycles. The van der Waals surface area contributed by atoms with Crippen molar-refractivity contribution < 1.29 is 4.79 Å².